The van der Waals surface area contributed by atoms with Crippen molar-refractivity contribution >= 4 is 17.4 Å². The van der Waals surface area contributed by atoms with Crippen LogP contribution in [-0.4, -0.2) is 64.5 Å². The van der Waals surface area contributed by atoms with Crippen LogP contribution < -0.4 is 4.74 Å². The first kappa shape index (κ1) is 25.3. The summed E-state index contributed by atoms with van der Waals surface area (Å²) in [6.45, 7) is 9.41. The number of aliphatic hydroxyl groups excluding tert-OH is 1. The number of ketones is 1. The predicted molar refractivity (Wildman–Crippen MR) is 132 cm³/mol. The molecule has 34 heavy (non-hydrogen) atoms. The van der Waals surface area contributed by atoms with Crippen LogP contribution in [0.5, 0.6) is 11.5 Å². The largest absolute Gasteiger partial charge is 0.508 e. The fraction of sp³-hybridized carbons (Fsp3) is 0.407. The molecule has 3 rings (SSSR count). The molecule has 7 nitrogen and oxygen atoms in total. The fourth-order valence-corrected chi connectivity index (χ4v) is 4.10. The van der Waals surface area contributed by atoms with Gasteiger partial charge in [-0.25, -0.2) is 0 Å². The zero-order valence-electron chi connectivity index (χ0n) is 20.2. The smallest absolute Gasteiger partial charge is 0.295 e. The Kier molecular flexibility index (Phi) is 8.71. The first-order valence-electron chi connectivity index (χ1n) is 11.9. The van der Waals surface area contributed by atoms with Gasteiger partial charge in [0.2, 0.25) is 0 Å². The summed E-state index contributed by atoms with van der Waals surface area (Å²) in [5.41, 5.74) is 1.14. The highest BCUT2D eigenvalue weighted by Gasteiger charge is 2.45. The summed E-state index contributed by atoms with van der Waals surface area (Å²) in [5.74, 6) is -0.797. The quantitative estimate of drug-likeness (QED) is 0.222. The van der Waals surface area contributed by atoms with E-state index in [9.17, 15) is 19.8 Å². The van der Waals surface area contributed by atoms with Crippen LogP contribution in [-0.2, 0) is 9.59 Å². The Balaban J connectivity index is 1.98. The number of aliphatic hydroxyl groups is 1. The van der Waals surface area contributed by atoms with Gasteiger partial charge in [-0.15, -0.1) is 0 Å². The zero-order chi connectivity index (χ0) is 24.7. The van der Waals surface area contributed by atoms with Crippen molar-refractivity contribution in [1.82, 2.24) is 9.80 Å². The molecule has 0 unspecified atom stereocenters. The molecule has 1 atom stereocenters. The number of ether oxygens (including phenoxy) is 1. The van der Waals surface area contributed by atoms with Crippen LogP contribution >= 0.6 is 0 Å². The van der Waals surface area contributed by atoms with Crippen molar-refractivity contribution in [1.29, 1.82) is 0 Å². The number of aromatic hydroxyl groups is 1. The normalized spacial score (nSPS) is 17.5. The third-order valence-corrected chi connectivity index (χ3v) is 6.19. The molecule has 1 amide bonds. The minimum absolute atomic E-state index is 0.0508. The molecule has 1 aliphatic rings. The monoisotopic (exact) mass is 466 g/mol. The maximum Gasteiger partial charge on any atom is 0.295 e. The lowest BCUT2D eigenvalue weighted by molar-refractivity contribution is -0.140. The van der Waals surface area contributed by atoms with Crippen molar-refractivity contribution in [3.8, 4) is 11.5 Å². The molecule has 0 aromatic heterocycles. The molecule has 0 bridgehead atoms. The maximum atomic E-state index is 13.1. The van der Waals surface area contributed by atoms with Crippen molar-refractivity contribution in [3.63, 3.8) is 0 Å². The number of phenolic OH excluding ortho intramolecular Hbond substituents is 1. The molecule has 7 heteroatoms. The fourth-order valence-electron chi connectivity index (χ4n) is 4.10. The van der Waals surface area contributed by atoms with Crippen LogP contribution in [0.3, 0.4) is 0 Å². The van der Waals surface area contributed by atoms with E-state index in [0.29, 0.717) is 36.6 Å². The lowest BCUT2D eigenvalue weighted by atomic mass is 9.95. The number of hydrogen-bond donors (Lipinski definition) is 2. The lowest BCUT2D eigenvalue weighted by Crippen LogP contribution is -2.38. The molecule has 1 aliphatic heterocycles. The van der Waals surface area contributed by atoms with Crippen LogP contribution in [0, 0.1) is 0 Å². The number of Topliss-reactive ketones (excluding diaryl/α,β-unsaturated/α-hetero) is 1. The van der Waals surface area contributed by atoms with Gasteiger partial charge < -0.3 is 24.7 Å². The Hall–Kier alpha value is -3.32. The van der Waals surface area contributed by atoms with E-state index >= 15 is 0 Å². The number of rotatable bonds is 11. The van der Waals surface area contributed by atoms with E-state index in [1.807, 2.05) is 13.8 Å². The molecule has 1 heterocycles. The molecule has 0 saturated carbocycles. The predicted octanol–water partition coefficient (Wildman–Crippen LogP) is 4.33. The Morgan fingerprint density at radius 2 is 1.65 bits per heavy atom. The number of benzene rings is 2. The van der Waals surface area contributed by atoms with Crippen molar-refractivity contribution < 1.29 is 24.5 Å². The number of phenols is 1. The third-order valence-electron chi connectivity index (χ3n) is 6.19. The van der Waals surface area contributed by atoms with Gasteiger partial charge in [0.15, 0.2) is 0 Å². The molecular formula is C27H34N2O5. The SMILES string of the molecule is CCCCOc1ccc(/C(O)=C2\C(=O)C(=O)N(CCN(CC)CC)[C@@H]2c2ccc(O)cc2)cc1. The molecule has 2 aromatic rings. The van der Waals surface area contributed by atoms with Gasteiger partial charge >= 0.3 is 0 Å². The summed E-state index contributed by atoms with van der Waals surface area (Å²) in [6, 6.07) is 12.5. The lowest BCUT2D eigenvalue weighted by Gasteiger charge is -2.28. The van der Waals surface area contributed by atoms with Crippen LogP contribution in [0.15, 0.2) is 54.1 Å². The highest BCUT2D eigenvalue weighted by Crippen LogP contribution is 2.39. The van der Waals surface area contributed by atoms with E-state index in [1.165, 1.54) is 17.0 Å². The van der Waals surface area contributed by atoms with Crippen LogP contribution in [0.2, 0.25) is 0 Å². The first-order valence-corrected chi connectivity index (χ1v) is 11.9. The van der Waals surface area contributed by atoms with Crippen LogP contribution in [0.4, 0.5) is 0 Å². The van der Waals surface area contributed by atoms with E-state index < -0.39 is 17.7 Å². The topological polar surface area (TPSA) is 90.3 Å². The first-order chi connectivity index (χ1) is 16.4. The number of hydrogen-bond acceptors (Lipinski definition) is 6. The average molecular weight is 467 g/mol. The summed E-state index contributed by atoms with van der Waals surface area (Å²) < 4.78 is 5.68. The highest BCUT2D eigenvalue weighted by molar-refractivity contribution is 6.46. The number of likely N-dealkylation sites (tertiary alicyclic amines) is 1. The summed E-state index contributed by atoms with van der Waals surface area (Å²) >= 11 is 0. The van der Waals surface area contributed by atoms with Crippen molar-refractivity contribution in [2.24, 2.45) is 0 Å². The van der Waals surface area contributed by atoms with Crippen LogP contribution in [0.25, 0.3) is 5.76 Å². The van der Waals surface area contributed by atoms with E-state index in [1.54, 1.807) is 36.4 Å². The van der Waals surface area contributed by atoms with Gasteiger partial charge in [-0.1, -0.05) is 39.3 Å². The molecule has 2 aromatic carbocycles. The molecule has 0 aliphatic carbocycles. The number of likely N-dealkylation sites (N-methyl/N-ethyl adjacent to an activating group) is 1. The molecule has 0 spiro atoms. The standard InChI is InChI=1S/C27H34N2O5/c1-4-7-18-34-22-14-10-20(11-15-22)25(31)23-24(19-8-12-21(30)13-9-19)29(27(33)26(23)32)17-16-28(5-2)6-3/h8-15,24,30-31H,4-7,16-18H2,1-3H3/b25-23+/t24-/m1/s1. The summed E-state index contributed by atoms with van der Waals surface area (Å²) in [5, 5.41) is 20.9. The van der Waals surface area contributed by atoms with E-state index in [2.05, 4.69) is 11.8 Å². The van der Waals surface area contributed by atoms with Gasteiger partial charge in [0.1, 0.15) is 17.3 Å². The van der Waals surface area contributed by atoms with E-state index in [-0.39, 0.29) is 17.1 Å². The Bertz CT molecular complexity index is 1010. The second-order valence-electron chi connectivity index (χ2n) is 8.34. The van der Waals surface area contributed by atoms with Gasteiger partial charge in [-0.05, 0) is 61.5 Å². The molecule has 1 saturated heterocycles. The van der Waals surface area contributed by atoms with Gasteiger partial charge in [-0.3, -0.25) is 9.59 Å². The second-order valence-corrected chi connectivity index (χ2v) is 8.34. The number of nitrogens with zero attached hydrogens (tertiary/aromatic N) is 2. The van der Waals surface area contributed by atoms with Gasteiger partial charge in [0, 0.05) is 18.7 Å². The Morgan fingerprint density at radius 1 is 1.00 bits per heavy atom. The third kappa shape index (κ3) is 5.59. The summed E-state index contributed by atoms with van der Waals surface area (Å²) in [4.78, 5) is 29.8. The minimum Gasteiger partial charge on any atom is -0.508 e. The van der Waals surface area contributed by atoms with Crippen molar-refractivity contribution in [2.45, 2.75) is 39.7 Å². The number of amides is 1. The van der Waals surface area contributed by atoms with Crippen molar-refractivity contribution in [2.75, 3.05) is 32.8 Å². The van der Waals surface area contributed by atoms with Gasteiger partial charge in [0.05, 0.1) is 18.2 Å². The van der Waals surface area contributed by atoms with E-state index in [4.69, 9.17) is 4.74 Å². The average Bonchev–Trinajstić information content (AvgIpc) is 3.10. The van der Waals surface area contributed by atoms with Crippen LogP contribution in [0.1, 0.15) is 50.8 Å². The number of carbonyl (C=O) groups excluding carboxylic acids is 2. The number of unbranched alkanes of at least 4 members (excludes halogenated alkanes) is 1. The highest BCUT2D eigenvalue weighted by atomic mass is 16.5. The van der Waals surface area contributed by atoms with Gasteiger partial charge in [-0.2, -0.15) is 0 Å². The molecule has 2 N–H and O–H groups in total. The zero-order valence-corrected chi connectivity index (χ0v) is 20.2. The second kappa shape index (κ2) is 11.7. The van der Waals surface area contributed by atoms with Crippen molar-refractivity contribution in [3.05, 3.63) is 65.2 Å². The van der Waals surface area contributed by atoms with E-state index in [0.717, 1.165) is 25.9 Å². The number of carbonyl (C=O) groups is 2. The minimum atomic E-state index is -0.739. The van der Waals surface area contributed by atoms with Gasteiger partial charge in [0.25, 0.3) is 11.7 Å². The summed E-state index contributed by atoms with van der Waals surface area (Å²) in [6.07, 6.45) is 1.98. The Labute approximate surface area is 201 Å². The molecular weight excluding hydrogens is 432 g/mol. The molecule has 182 valence electrons. The summed E-state index contributed by atoms with van der Waals surface area (Å²) in [7, 11) is 0. The molecule has 0 radical (unpaired) electrons. The maximum absolute atomic E-state index is 13.1. The Morgan fingerprint density at radius 3 is 2.24 bits per heavy atom. The molecule has 1 fully saturated rings.